The van der Waals surface area contributed by atoms with Crippen LogP contribution in [0, 0.1) is 0 Å². The van der Waals surface area contributed by atoms with Crippen molar-refractivity contribution < 1.29 is 10.2 Å². The molecule has 1 heterocycles. The molecule has 1 aromatic heterocycles. The molecule has 12 heavy (non-hydrogen) atoms. The van der Waals surface area contributed by atoms with Gasteiger partial charge < -0.3 is 15.9 Å². The number of nitrogens with zero attached hydrogens (tertiary/aromatic N) is 1. The Morgan fingerprint density at radius 2 is 2.33 bits per heavy atom. The van der Waals surface area contributed by atoms with Gasteiger partial charge in [0.1, 0.15) is 6.10 Å². The number of nitrogen functional groups attached to an aromatic ring is 1. The predicted octanol–water partition coefficient (Wildman–Crippen LogP) is 0.514. The SMILES string of the molecule is Nc1ncc(C(O)C(O)CBr)s1. The largest absolute Gasteiger partial charge is 0.389 e. The van der Waals surface area contributed by atoms with Crippen LogP contribution in [0.15, 0.2) is 6.20 Å². The third kappa shape index (κ3) is 2.16. The number of hydrogen-bond donors (Lipinski definition) is 3. The van der Waals surface area contributed by atoms with Crippen LogP contribution in [-0.2, 0) is 0 Å². The average molecular weight is 253 g/mol. The normalized spacial score (nSPS) is 15.9. The zero-order valence-corrected chi connectivity index (χ0v) is 8.55. The molecule has 0 saturated heterocycles. The summed E-state index contributed by atoms with van der Waals surface area (Å²) in [7, 11) is 0. The summed E-state index contributed by atoms with van der Waals surface area (Å²) in [6.45, 7) is 0. The van der Waals surface area contributed by atoms with E-state index < -0.39 is 12.2 Å². The summed E-state index contributed by atoms with van der Waals surface area (Å²) in [5, 5.41) is 19.4. The fourth-order valence-corrected chi connectivity index (χ4v) is 1.80. The van der Waals surface area contributed by atoms with Crippen LogP contribution < -0.4 is 5.73 Å². The number of alkyl halides is 1. The predicted molar refractivity (Wildman–Crippen MR) is 51.3 cm³/mol. The van der Waals surface area contributed by atoms with Crippen molar-refractivity contribution in [3.8, 4) is 0 Å². The molecule has 1 aromatic rings. The molecule has 2 unspecified atom stereocenters. The van der Waals surface area contributed by atoms with E-state index >= 15 is 0 Å². The number of aliphatic hydroxyl groups excluding tert-OH is 2. The van der Waals surface area contributed by atoms with Gasteiger partial charge in [0, 0.05) is 11.5 Å². The van der Waals surface area contributed by atoms with E-state index in [1.807, 2.05) is 0 Å². The van der Waals surface area contributed by atoms with Crippen LogP contribution in [0.2, 0.25) is 0 Å². The van der Waals surface area contributed by atoms with Gasteiger partial charge in [0.2, 0.25) is 0 Å². The highest BCUT2D eigenvalue weighted by Crippen LogP contribution is 2.25. The van der Waals surface area contributed by atoms with Gasteiger partial charge in [-0.3, -0.25) is 0 Å². The Balaban J connectivity index is 2.70. The molecule has 0 spiro atoms. The highest BCUT2D eigenvalue weighted by Gasteiger charge is 2.18. The Labute approximate surface area is 82.2 Å². The number of hydrogen-bond acceptors (Lipinski definition) is 5. The van der Waals surface area contributed by atoms with Gasteiger partial charge in [-0.15, -0.1) is 0 Å². The summed E-state index contributed by atoms with van der Waals surface area (Å²) < 4.78 is 0. The first-order valence-corrected chi connectivity index (χ1v) is 5.22. The smallest absolute Gasteiger partial charge is 0.180 e. The van der Waals surface area contributed by atoms with Crippen molar-refractivity contribution in [2.75, 3.05) is 11.1 Å². The Hall–Kier alpha value is -0.170. The molecule has 0 aliphatic heterocycles. The monoisotopic (exact) mass is 252 g/mol. The van der Waals surface area contributed by atoms with Gasteiger partial charge in [-0.05, 0) is 0 Å². The maximum Gasteiger partial charge on any atom is 0.180 e. The Bertz CT molecular complexity index is 255. The lowest BCUT2D eigenvalue weighted by atomic mass is 10.2. The Morgan fingerprint density at radius 3 is 2.75 bits per heavy atom. The summed E-state index contributed by atoms with van der Waals surface area (Å²) in [5.41, 5.74) is 5.36. The zero-order valence-electron chi connectivity index (χ0n) is 6.14. The molecule has 0 bridgehead atoms. The number of halogens is 1. The molecule has 2 atom stereocenters. The van der Waals surface area contributed by atoms with E-state index in [1.165, 1.54) is 17.5 Å². The number of anilines is 1. The molecule has 4 N–H and O–H groups in total. The van der Waals surface area contributed by atoms with E-state index in [2.05, 4.69) is 20.9 Å². The van der Waals surface area contributed by atoms with Crippen molar-refractivity contribution in [1.29, 1.82) is 0 Å². The lowest BCUT2D eigenvalue weighted by Crippen LogP contribution is -2.18. The summed E-state index contributed by atoms with van der Waals surface area (Å²) >= 11 is 4.24. The van der Waals surface area contributed by atoms with Crippen LogP contribution in [0.1, 0.15) is 11.0 Å². The summed E-state index contributed by atoms with van der Waals surface area (Å²) in [6, 6.07) is 0. The molecule has 1 rings (SSSR count). The van der Waals surface area contributed by atoms with Crippen molar-refractivity contribution in [3.63, 3.8) is 0 Å². The van der Waals surface area contributed by atoms with E-state index in [9.17, 15) is 10.2 Å². The minimum absolute atomic E-state index is 0.325. The maximum absolute atomic E-state index is 9.44. The lowest BCUT2D eigenvalue weighted by Gasteiger charge is -2.12. The number of aliphatic hydroxyl groups is 2. The molecule has 0 aliphatic rings. The highest BCUT2D eigenvalue weighted by atomic mass is 79.9. The molecule has 68 valence electrons. The van der Waals surface area contributed by atoms with Crippen molar-refractivity contribution in [2.24, 2.45) is 0 Å². The molecule has 4 nitrogen and oxygen atoms in total. The third-order valence-corrected chi connectivity index (χ3v) is 2.92. The summed E-state index contributed by atoms with van der Waals surface area (Å²) in [6.07, 6.45) is -0.250. The first-order chi connectivity index (χ1) is 5.65. The van der Waals surface area contributed by atoms with E-state index in [4.69, 9.17) is 5.73 Å². The topological polar surface area (TPSA) is 79.4 Å². The number of thiazole rings is 1. The van der Waals surface area contributed by atoms with E-state index in [-0.39, 0.29) is 0 Å². The van der Waals surface area contributed by atoms with Gasteiger partial charge in [0.05, 0.1) is 11.0 Å². The van der Waals surface area contributed by atoms with Crippen LogP contribution in [-0.4, -0.2) is 26.6 Å². The van der Waals surface area contributed by atoms with E-state index in [0.29, 0.717) is 15.3 Å². The minimum Gasteiger partial charge on any atom is -0.389 e. The molecule has 0 radical (unpaired) electrons. The number of rotatable bonds is 3. The van der Waals surface area contributed by atoms with Gasteiger partial charge in [0.25, 0.3) is 0 Å². The van der Waals surface area contributed by atoms with E-state index in [0.717, 1.165) is 0 Å². The molecule has 0 amide bonds. The van der Waals surface area contributed by atoms with Gasteiger partial charge in [-0.25, -0.2) is 4.98 Å². The Morgan fingerprint density at radius 1 is 1.67 bits per heavy atom. The molecule has 0 aromatic carbocycles. The maximum atomic E-state index is 9.44. The van der Waals surface area contributed by atoms with Crippen molar-refractivity contribution in [1.82, 2.24) is 4.98 Å². The van der Waals surface area contributed by atoms with Gasteiger partial charge in [0.15, 0.2) is 5.13 Å². The van der Waals surface area contributed by atoms with Crippen molar-refractivity contribution in [3.05, 3.63) is 11.1 Å². The number of aromatic nitrogens is 1. The van der Waals surface area contributed by atoms with E-state index in [1.54, 1.807) is 0 Å². The first-order valence-electron chi connectivity index (χ1n) is 3.28. The standard InChI is InChI=1S/C6H9BrN2O2S/c7-1-3(10)5(11)4-2-9-6(8)12-4/h2-3,5,10-11H,1H2,(H2,8,9). The van der Waals surface area contributed by atoms with Crippen LogP contribution in [0.4, 0.5) is 5.13 Å². The molecule has 0 fully saturated rings. The van der Waals surface area contributed by atoms with Crippen LogP contribution in [0.3, 0.4) is 0 Å². The zero-order chi connectivity index (χ0) is 9.14. The summed E-state index contributed by atoms with van der Waals surface area (Å²) in [4.78, 5) is 4.35. The van der Waals surface area contributed by atoms with Crippen molar-refractivity contribution in [2.45, 2.75) is 12.2 Å². The molecular weight excluding hydrogens is 244 g/mol. The average Bonchev–Trinajstić information content (AvgIpc) is 2.49. The van der Waals surface area contributed by atoms with Crippen molar-refractivity contribution >= 4 is 32.4 Å². The second-order valence-corrected chi connectivity index (χ2v) is 4.01. The Kier molecular flexibility index (Phi) is 3.45. The second kappa shape index (κ2) is 4.18. The highest BCUT2D eigenvalue weighted by molar-refractivity contribution is 9.09. The fourth-order valence-electron chi connectivity index (χ4n) is 0.711. The first kappa shape index (κ1) is 9.91. The van der Waals surface area contributed by atoms with Gasteiger partial charge in [-0.2, -0.15) is 0 Å². The molecule has 6 heteroatoms. The second-order valence-electron chi connectivity index (χ2n) is 2.27. The molecular formula is C6H9BrN2O2S. The summed E-state index contributed by atoms with van der Waals surface area (Å²) in [5.74, 6) is 0. The van der Waals surface area contributed by atoms with Gasteiger partial charge >= 0.3 is 0 Å². The minimum atomic E-state index is -0.904. The van der Waals surface area contributed by atoms with Gasteiger partial charge in [-0.1, -0.05) is 27.3 Å². The lowest BCUT2D eigenvalue weighted by molar-refractivity contribution is 0.0364. The van der Waals surface area contributed by atoms with Crippen LogP contribution in [0.25, 0.3) is 0 Å². The fraction of sp³-hybridized carbons (Fsp3) is 0.500. The molecule has 0 saturated carbocycles. The van der Waals surface area contributed by atoms with Crippen LogP contribution in [0.5, 0.6) is 0 Å². The van der Waals surface area contributed by atoms with Crippen LogP contribution >= 0.6 is 27.3 Å². The molecule has 0 aliphatic carbocycles. The third-order valence-electron chi connectivity index (χ3n) is 1.36. The number of nitrogens with two attached hydrogens (primary N) is 1. The quantitative estimate of drug-likeness (QED) is 0.686.